The summed E-state index contributed by atoms with van der Waals surface area (Å²) in [5.41, 5.74) is 1.63. The zero-order valence-corrected chi connectivity index (χ0v) is 16.3. The van der Waals surface area contributed by atoms with Gasteiger partial charge >= 0.3 is 0 Å². The van der Waals surface area contributed by atoms with Crippen LogP contribution in [0, 0.1) is 0 Å². The van der Waals surface area contributed by atoms with Gasteiger partial charge in [0, 0.05) is 5.90 Å². The summed E-state index contributed by atoms with van der Waals surface area (Å²) in [6.45, 7) is 23.8. The largest absolute Gasteiger partial charge is 0.282 e. The van der Waals surface area contributed by atoms with Crippen LogP contribution in [0.1, 0.15) is 55.4 Å². The highest BCUT2D eigenvalue weighted by Crippen LogP contribution is 2.59. The van der Waals surface area contributed by atoms with E-state index in [0.717, 1.165) is 11.3 Å². The van der Waals surface area contributed by atoms with Crippen molar-refractivity contribution in [2.45, 2.75) is 66.7 Å². The molecule has 0 radical (unpaired) electrons. The van der Waals surface area contributed by atoms with E-state index in [9.17, 15) is 0 Å². The van der Waals surface area contributed by atoms with E-state index in [1.54, 1.807) is 0 Å². The van der Waals surface area contributed by atoms with E-state index < -0.39 is 0 Å². The molecule has 116 valence electrons. The molecule has 2 unspecified atom stereocenters. The van der Waals surface area contributed by atoms with Gasteiger partial charge in [-0.25, -0.2) is 0 Å². The average Bonchev–Trinajstić information content (AvgIpc) is 2.37. The molecule has 0 N–H and O–H groups in total. The minimum atomic E-state index is 0.0215. The summed E-state index contributed by atoms with van der Waals surface area (Å²) >= 11 is 0. The van der Waals surface area contributed by atoms with Gasteiger partial charge in [0.25, 0.3) is 0 Å². The Morgan fingerprint density at radius 2 is 0.895 bits per heavy atom. The lowest BCUT2D eigenvalue weighted by Gasteiger charge is -2.40. The van der Waals surface area contributed by atoms with Crippen LogP contribution in [-0.4, -0.2) is 52.7 Å². The molecule has 0 bridgehead atoms. The van der Waals surface area contributed by atoms with Gasteiger partial charge in [0.15, 0.2) is 0 Å². The lowest BCUT2D eigenvalue weighted by Crippen LogP contribution is -2.27. The molecule has 0 aliphatic heterocycles. The average molecular weight is 306 g/mol. The molecule has 19 heavy (non-hydrogen) atoms. The van der Waals surface area contributed by atoms with Crippen LogP contribution in [-0.2, 0) is 0 Å². The van der Waals surface area contributed by atoms with Gasteiger partial charge < -0.3 is 0 Å². The van der Waals surface area contributed by atoms with Crippen LogP contribution in [0.4, 0.5) is 0 Å². The van der Waals surface area contributed by atoms with Gasteiger partial charge in [-0.2, -0.15) is 0 Å². The Balaban J connectivity index is 4.93. The Kier molecular flexibility index (Phi) is 10.9. The summed E-state index contributed by atoms with van der Waals surface area (Å²) in [5.74, 6) is 1.43. The highest BCUT2D eigenvalue weighted by atomic mass is 31.2. The molecule has 0 saturated heterocycles. The minimum absolute atomic E-state index is 0.0215. The fourth-order valence-electron chi connectivity index (χ4n) is 2.48. The van der Waals surface area contributed by atoms with Crippen molar-refractivity contribution in [3.8, 4) is 0 Å². The van der Waals surface area contributed by atoms with Crippen LogP contribution < -0.4 is 0 Å². The van der Waals surface area contributed by atoms with E-state index in [4.69, 9.17) is 0 Å². The second-order valence-electron chi connectivity index (χ2n) is 5.49. The van der Waals surface area contributed by atoms with E-state index in [0.29, 0.717) is 0 Å². The van der Waals surface area contributed by atoms with E-state index in [2.05, 4.69) is 64.7 Å². The third-order valence-electron chi connectivity index (χ3n) is 3.67. The molecular weight excluding hydrogens is 270 g/mol. The second-order valence-corrected chi connectivity index (χ2v) is 11.6. The van der Waals surface area contributed by atoms with Crippen LogP contribution in [0.3, 0.4) is 0 Å². The van der Waals surface area contributed by atoms with Gasteiger partial charge in [0.2, 0.25) is 0 Å². The Morgan fingerprint density at radius 1 is 0.632 bits per heavy atom. The van der Waals surface area contributed by atoms with Gasteiger partial charge in [-0.3, -0.25) is 9.34 Å². The lowest BCUT2D eigenvalue weighted by atomic mass is 10.6. The van der Waals surface area contributed by atoms with Crippen molar-refractivity contribution < 1.29 is 0 Å². The number of hydrogen-bond donors (Lipinski definition) is 0. The summed E-state index contributed by atoms with van der Waals surface area (Å²) < 4.78 is 5.45. The molecule has 0 aliphatic carbocycles. The third-order valence-corrected chi connectivity index (χ3v) is 11.0. The first-order valence-electron chi connectivity index (χ1n) is 7.95. The molecule has 4 heteroatoms. The Labute approximate surface area is 124 Å². The summed E-state index contributed by atoms with van der Waals surface area (Å²) in [4.78, 5) is 0. The molecule has 0 amide bonds. The first-order valence-corrected chi connectivity index (χ1v) is 11.0. The van der Waals surface area contributed by atoms with E-state index >= 15 is 0 Å². The molecule has 0 saturated carbocycles. The fraction of sp³-hybridized carbons (Fsp3) is 1.00. The van der Waals surface area contributed by atoms with Gasteiger partial charge in [0.1, 0.15) is 0 Å². The predicted octanol–water partition coefficient (Wildman–Crippen LogP) is 5.24. The van der Waals surface area contributed by atoms with Gasteiger partial charge in [-0.1, -0.05) is 55.4 Å². The maximum Gasteiger partial charge on any atom is 0.0150 e. The maximum atomic E-state index is 2.72. The molecule has 0 aromatic rings. The van der Waals surface area contributed by atoms with Crippen molar-refractivity contribution in [3.05, 3.63) is 0 Å². The van der Waals surface area contributed by atoms with Crippen molar-refractivity contribution in [1.82, 2.24) is 9.34 Å². The first-order chi connectivity index (χ1) is 8.92. The Hall–Kier alpha value is 0.780. The van der Waals surface area contributed by atoms with Crippen LogP contribution >= 0.6 is 16.1 Å². The Morgan fingerprint density at radius 3 is 1.05 bits per heavy atom. The molecule has 0 spiro atoms. The smallest absolute Gasteiger partial charge is 0.0150 e. The predicted molar refractivity (Wildman–Crippen MR) is 94.8 cm³/mol. The molecular formula is C15H36N2P2. The second kappa shape index (κ2) is 10.5. The standard InChI is InChI=1S/C15H36N2P2/c1-9-16(10-2)18(14(5)6)13-19(15(7)8)17(11-3)12-4/h14-15H,9-13H2,1-8H3. The zero-order valence-electron chi connectivity index (χ0n) is 14.5. The van der Waals surface area contributed by atoms with Crippen LogP contribution in [0.15, 0.2) is 0 Å². The number of nitrogens with zero attached hydrogens (tertiary/aromatic N) is 2. The van der Waals surface area contributed by atoms with E-state index in [1.807, 2.05) is 0 Å². The topological polar surface area (TPSA) is 6.48 Å². The molecule has 2 atom stereocenters. The molecule has 2 nitrogen and oxygen atoms in total. The maximum absolute atomic E-state index is 2.72. The molecule has 0 aromatic carbocycles. The lowest BCUT2D eigenvalue weighted by molar-refractivity contribution is 0.494. The number of rotatable bonds is 10. The SMILES string of the molecule is CCN(CC)P(CP(C(C)C)N(CC)CC)C(C)C. The van der Waals surface area contributed by atoms with Crippen LogP contribution in [0.25, 0.3) is 0 Å². The van der Waals surface area contributed by atoms with Gasteiger partial charge in [-0.05, 0) is 53.6 Å². The van der Waals surface area contributed by atoms with Gasteiger partial charge in [-0.15, -0.1) is 0 Å². The normalized spacial score (nSPS) is 15.8. The fourth-order valence-corrected chi connectivity index (χ4v) is 10.5. The van der Waals surface area contributed by atoms with E-state index in [-0.39, 0.29) is 16.1 Å². The van der Waals surface area contributed by atoms with Crippen molar-refractivity contribution >= 4 is 16.1 Å². The molecule has 0 fully saturated rings. The Bertz CT molecular complexity index is 192. The molecule has 0 heterocycles. The first kappa shape index (κ1) is 19.8. The summed E-state index contributed by atoms with van der Waals surface area (Å²) in [7, 11) is 0.0430. The summed E-state index contributed by atoms with van der Waals surface area (Å²) in [6, 6.07) is 0. The van der Waals surface area contributed by atoms with Gasteiger partial charge in [0.05, 0.1) is 0 Å². The van der Waals surface area contributed by atoms with Crippen molar-refractivity contribution in [2.24, 2.45) is 0 Å². The quantitative estimate of drug-likeness (QED) is 0.509. The minimum Gasteiger partial charge on any atom is -0.282 e. The third kappa shape index (κ3) is 6.38. The summed E-state index contributed by atoms with van der Waals surface area (Å²) in [6.07, 6.45) is 0. The van der Waals surface area contributed by atoms with E-state index in [1.165, 1.54) is 32.1 Å². The van der Waals surface area contributed by atoms with Crippen LogP contribution in [0.5, 0.6) is 0 Å². The highest BCUT2D eigenvalue weighted by molar-refractivity contribution is 7.73. The molecule has 0 aromatic heterocycles. The summed E-state index contributed by atoms with van der Waals surface area (Å²) in [5, 5.41) is 0. The highest BCUT2D eigenvalue weighted by Gasteiger charge is 2.27. The number of hydrogen-bond acceptors (Lipinski definition) is 2. The van der Waals surface area contributed by atoms with Crippen LogP contribution in [0.2, 0.25) is 0 Å². The molecule has 0 rings (SSSR count). The monoisotopic (exact) mass is 306 g/mol. The van der Waals surface area contributed by atoms with Crippen molar-refractivity contribution in [1.29, 1.82) is 0 Å². The molecule has 0 aliphatic rings. The van der Waals surface area contributed by atoms with Crippen molar-refractivity contribution in [3.63, 3.8) is 0 Å². The zero-order chi connectivity index (χ0) is 15.0. The van der Waals surface area contributed by atoms with Crippen molar-refractivity contribution in [2.75, 3.05) is 32.1 Å².